The number of nitrogens with zero attached hydrogens (tertiary/aromatic N) is 3. The Kier molecular flexibility index (Phi) is 2.84. The second-order valence-electron chi connectivity index (χ2n) is 4.45. The summed E-state index contributed by atoms with van der Waals surface area (Å²) in [5.74, 6) is 0.741. The fourth-order valence-electron chi connectivity index (χ4n) is 2.01. The van der Waals surface area contributed by atoms with E-state index in [4.69, 9.17) is 15.1 Å². The predicted octanol–water partition coefficient (Wildman–Crippen LogP) is 2.46. The first kappa shape index (κ1) is 13.1. The lowest BCUT2D eigenvalue weighted by Crippen LogP contribution is -2.02. The normalized spacial score (nSPS) is 12.2. The van der Waals surface area contributed by atoms with E-state index in [1.807, 2.05) is 25.1 Å². The second-order valence-corrected chi connectivity index (χ2v) is 6.91. The van der Waals surface area contributed by atoms with Gasteiger partial charge in [0.1, 0.15) is 5.58 Å². The van der Waals surface area contributed by atoms with Gasteiger partial charge in [-0.1, -0.05) is 11.6 Å². The molecule has 0 unspecified atom stereocenters. The summed E-state index contributed by atoms with van der Waals surface area (Å²) in [6, 6.07) is 7.54. The average molecular weight is 312 g/mol. The number of aromatic nitrogens is 3. The van der Waals surface area contributed by atoms with Crippen molar-refractivity contribution in [2.24, 2.45) is 7.05 Å². The summed E-state index contributed by atoms with van der Waals surface area (Å²) >= 11 is 0. The molecule has 0 bridgehead atoms. The molecule has 0 aliphatic carbocycles. The van der Waals surface area contributed by atoms with Crippen LogP contribution < -0.4 is 0 Å². The monoisotopic (exact) mass is 311 g/mol. The largest absolute Gasteiger partial charge is 0.453 e. The van der Waals surface area contributed by atoms with Crippen molar-refractivity contribution in [1.82, 2.24) is 14.8 Å². The molecule has 0 aliphatic rings. The third kappa shape index (κ3) is 2.08. The van der Waals surface area contributed by atoms with Crippen molar-refractivity contribution in [3.8, 4) is 11.6 Å². The number of fused-ring (bicyclic) bond motifs is 1. The number of hydrogen-bond acceptors (Lipinski definition) is 5. The number of aryl methyl sites for hydroxylation is 1. The molecule has 0 saturated heterocycles. The zero-order valence-electron chi connectivity index (χ0n) is 10.7. The van der Waals surface area contributed by atoms with E-state index in [0.29, 0.717) is 17.2 Å². The highest BCUT2D eigenvalue weighted by Crippen LogP contribution is 2.28. The number of halogens is 1. The van der Waals surface area contributed by atoms with E-state index >= 15 is 0 Å². The Labute approximate surface area is 119 Å². The number of furan rings is 1. The van der Waals surface area contributed by atoms with E-state index in [9.17, 15) is 8.42 Å². The summed E-state index contributed by atoms with van der Waals surface area (Å²) in [4.78, 5) is 0. The van der Waals surface area contributed by atoms with Crippen molar-refractivity contribution in [2.75, 3.05) is 0 Å². The number of hydrogen-bond donors (Lipinski definition) is 0. The maximum Gasteiger partial charge on any atom is 0.296 e. The first-order valence-corrected chi connectivity index (χ1v) is 8.02. The predicted molar refractivity (Wildman–Crippen MR) is 74.0 cm³/mol. The summed E-state index contributed by atoms with van der Waals surface area (Å²) in [5.41, 5.74) is 1.80. The van der Waals surface area contributed by atoms with Crippen LogP contribution in [0.25, 0.3) is 22.6 Å². The van der Waals surface area contributed by atoms with E-state index in [1.165, 1.54) is 11.6 Å². The van der Waals surface area contributed by atoms with Crippen LogP contribution in [0.15, 0.2) is 33.8 Å². The van der Waals surface area contributed by atoms with E-state index in [1.54, 1.807) is 6.07 Å². The van der Waals surface area contributed by atoms with Gasteiger partial charge in [-0.25, -0.2) is 8.42 Å². The zero-order valence-corrected chi connectivity index (χ0v) is 12.2. The molecule has 0 radical (unpaired) electrons. The molecular formula is C12H10ClN3O3S. The lowest BCUT2D eigenvalue weighted by molar-refractivity contribution is 0.590. The maximum absolute atomic E-state index is 11.3. The van der Waals surface area contributed by atoms with Crippen LogP contribution in [-0.2, 0) is 16.1 Å². The molecule has 104 valence electrons. The van der Waals surface area contributed by atoms with Crippen LogP contribution >= 0.6 is 10.7 Å². The molecule has 2 aromatic heterocycles. The average Bonchev–Trinajstić information content (AvgIpc) is 2.90. The molecule has 6 nitrogen and oxygen atoms in total. The van der Waals surface area contributed by atoms with Gasteiger partial charge in [0.05, 0.1) is 0 Å². The number of rotatable bonds is 2. The lowest BCUT2D eigenvalue weighted by atomic mass is 10.2. The maximum atomic E-state index is 11.3. The van der Waals surface area contributed by atoms with Crippen molar-refractivity contribution in [1.29, 1.82) is 0 Å². The highest BCUT2D eigenvalue weighted by molar-refractivity contribution is 8.13. The molecule has 0 N–H and O–H groups in total. The van der Waals surface area contributed by atoms with Gasteiger partial charge in [0.15, 0.2) is 11.6 Å². The third-order valence-corrected chi connectivity index (χ3v) is 4.15. The van der Waals surface area contributed by atoms with Gasteiger partial charge in [0.25, 0.3) is 14.2 Å². The van der Waals surface area contributed by atoms with Gasteiger partial charge in [-0.3, -0.25) is 4.57 Å². The Morgan fingerprint density at radius 2 is 2.00 bits per heavy atom. The van der Waals surface area contributed by atoms with E-state index in [2.05, 4.69) is 10.2 Å². The summed E-state index contributed by atoms with van der Waals surface area (Å²) in [5, 5.41) is 8.01. The third-order valence-electron chi connectivity index (χ3n) is 2.95. The standard InChI is InChI=1S/C12H10ClN3O3S/c1-7-3-4-9-8(5-7)6-10(19-9)11-14-15-12(16(11)2)20(13,17)18/h3-6H,1-2H3. The van der Waals surface area contributed by atoms with Crippen LogP contribution in [0.5, 0.6) is 0 Å². The molecule has 3 rings (SSSR count). The molecule has 0 aliphatic heterocycles. The molecule has 0 atom stereocenters. The summed E-state index contributed by atoms with van der Waals surface area (Å²) in [6.07, 6.45) is 0. The molecule has 0 spiro atoms. The van der Waals surface area contributed by atoms with E-state index in [0.717, 1.165) is 10.9 Å². The summed E-state index contributed by atoms with van der Waals surface area (Å²) in [6.45, 7) is 1.98. The molecule has 0 fully saturated rings. The van der Waals surface area contributed by atoms with Crippen LogP contribution in [0.2, 0.25) is 0 Å². The second kappa shape index (κ2) is 4.32. The molecular weight excluding hydrogens is 302 g/mol. The SMILES string of the molecule is Cc1ccc2oc(-c3nnc(S(=O)(=O)Cl)n3C)cc2c1. The minimum Gasteiger partial charge on any atom is -0.453 e. The minimum atomic E-state index is -3.94. The van der Waals surface area contributed by atoms with Gasteiger partial charge >= 0.3 is 0 Å². The Morgan fingerprint density at radius 1 is 1.25 bits per heavy atom. The molecule has 20 heavy (non-hydrogen) atoms. The lowest BCUT2D eigenvalue weighted by Gasteiger charge is -1.97. The quantitative estimate of drug-likeness (QED) is 0.679. The minimum absolute atomic E-state index is 0.304. The van der Waals surface area contributed by atoms with Gasteiger partial charge < -0.3 is 4.42 Å². The van der Waals surface area contributed by atoms with Crippen LogP contribution in [0.1, 0.15) is 5.56 Å². The van der Waals surface area contributed by atoms with Crippen molar-refractivity contribution >= 4 is 30.7 Å². The first-order valence-electron chi connectivity index (χ1n) is 5.71. The first-order chi connectivity index (χ1) is 9.36. The van der Waals surface area contributed by atoms with Gasteiger partial charge in [0, 0.05) is 23.1 Å². The number of benzene rings is 1. The molecule has 0 amide bonds. The van der Waals surface area contributed by atoms with Crippen molar-refractivity contribution in [2.45, 2.75) is 12.1 Å². The Balaban J connectivity index is 2.19. The zero-order chi connectivity index (χ0) is 14.5. The summed E-state index contributed by atoms with van der Waals surface area (Å²) in [7, 11) is 2.86. The van der Waals surface area contributed by atoms with Crippen molar-refractivity contribution in [3.63, 3.8) is 0 Å². The van der Waals surface area contributed by atoms with Gasteiger partial charge in [-0.2, -0.15) is 0 Å². The molecule has 2 heterocycles. The highest BCUT2D eigenvalue weighted by Gasteiger charge is 2.22. The topological polar surface area (TPSA) is 78.0 Å². The fourth-order valence-corrected chi connectivity index (χ4v) is 2.97. The van der Waals surface area contributed by atoms with Crippen LogP contribution in [0, 0.1) is 6.92 Å². The summed E-state index contributed by atoms with van der Waals surface area (Å²) < 4.78 is 29.6. The van der Waals surface area contributed by atoms with Crippen molar-refractivity contribution in [3.05, 3.63) is 29.8 Å². The van der Waals surface area contributed by atoms with E-state index < -0.39 is 9.05 Å². The Hall–Kier alpha value is -1.86. The van der Waals surface area contributed by atoms with Gasteiger partial charge in [0.2, 0.25) is 0 Å². The fraction of sp³-hybridized carbons (Fsp3) is 0.167. The highest BCUT2D eigenvalue weighted by atomic mass is 35.7. The van der Waals surface area contributed by atoms with E-state index in [-0.39, 0.29) is 5.16 Å². The Morgan fingerprint density at radius 3 is 2.65 bits per heavy atom. The van der Waals surface area contributed by atoms with Crippen LogP contribution in [0.3, 0.4) is 0 Å². The van der Waals surface area contributed by atoms with Crippen molar-refractivity contribution < 1.29 is 12.8 Å². The van der Waals surface area contributed by atoms with Crippen LogP contribution in [0.4, 0.5) is 0 Å². The van der Waals surface area contributed by atoms with Gasteiger partial charge in [-0.05, 0) is 25.1 Å². The molecule has 8 heteroatoms. The Bertz CT molecular complexity index is 911. The molecule has 3 aromatic rings. The smallest absolute Gasteiger partial charge is 0.296 e. The molecule has 1 aromatic carbocycles. The van der Waals surface area contributed by atoms with Gasteiger partial charge in [-0.15, -0.1) is 10.2 Å². The molecule has 0 saturated carbocycles. The van der Waals surface area contributed by atoms with Crippen LogP contribution in [-0.4, -0.2) is 23.2 Å².